The lowest BCUT2D eigenvalue weighted by atomic mass is 9.76. The first-order valence-electron chi connectivity index (χ1n) is 10.7. The fourth-order valence-electron chi connectivity index (χ4n) is 6.71. The van der Waals surface area contributed by atoms with Gasteiger partial charge >= 0.3 is 0 Å². The van der Waals surface area contributed by atoms with Gasteiger partial charge in [0.2, 0.25) is 17.4 Å². The van der Waals surface area contributed by atoms with Crippen LogP contribution in [0.15, 0.2) is 54.6 Å². The molecule has 6 nitrogen and oxygen atoms in total. The van der Waals surface area contributed by atoms with Gasteiger partial charge < -0.3 is 9.80 Å². The molecule has 1 spiro atoms. The third-order valence-corrected chi connectivity index (χ3v) is 7.76. The summed E-state index contributed by atoms with van der Waals surface area (Å²) in [4.78, 5) is 45.6. The predicted molar refractivity (Wildman–Crippen MR) is 111 cm³/mol. The first kappa shape index (κ1) is 17.8. The fraction of sp³-hybridized carbons (Fsp3) is 0.375. The number of para-hydroxylation sites is 2. The maximum Gasteiger partial charge on any atom is 0.294 e. The number of fused-ring (bicyclic) bond motifs is 7. The molecule has 5 atom stereocenters. The standard InChI is InChI=1S/C24H23N3O3/c1-25-17-12-6-5-11-16(17)24(23(25)30)20-19(18-13-7-8-14-26(18)24)21(28)27(22(20)29)15-9-3-2-4-10-15/h2-6,9-12,18-20H,7-8,13-14H2,1H3/p+1/t18-,19-,20+,24-/m1/s1. The van der Waals surface area contributed by atoms with Crippen molar-refractivity contribution in [2.75, 3.05) is 23.4 Å². The van der Waals surface area contributed by atoms with Crippen molar-refractivity contribution in [3.8, 4) is 0 Å². The van der Waals surface area contributed by atoms with Crippen molar-refractivity contribution in [3.05, 3.63) is 60.2 Å². The van der Waals surface area contributed by atoms with E-state index in [9.17, 15) is 14.4 Å². The lowest BCUT2D eigenvalue weighted by Crippen LogP contribution is -3.22. The highest BCUT2D eigenvalue weighted by Crippen LogP contribution is 2.53. The van der Waals surface area contributed by atoms with E-state index in [1.807, 2.05) is 42.5 Å². The summed E-state index contributed by atoms with van der Waals surface area (Å²) in [5.74, 6) is -1.51. The number of hydrogen-bond donors (Lipinski definition) is 1. The van der Waals surface area contributed by atoms with Gasteiger partial charge in [-0.25, -0.2) is 4.90 Å². The Morgan fingerprint density at radius 2 is 1.67 bits per heavy atom. The third kappa shape index (κ3) is 1.90. The molecule has 0 radical (unpaired) electrons. The molecule has 4 aliphatic heterocycles. The number of carbonyl (C=O) groups excluding carboxylic acids is 3. The van der Waals surface area contributed by atoms with E-state index in [2.05, 4.69) is 0 Å². The van der Waals surface area contributed by atoms with E-state index in [4.69, 9.17) is 0 Å². The van der Waals surface area contributed by atoms with Crippen LogP contribution in [0.25, 0.3) is 0 Å². The first-order chi connectivity index (χ1) is 14.6. The molecule has 0 aliphatic carbocycles. The zero-order chi connectivity index (χ0) is 20.6. The number of rotatable bonds is 1. The average molecular weight is 402 g/mol. The van der Waals surface area contributed by atoms with Crippen LogP contribution in [-0.4, -0.2) is 37.4 Å². The van der Waals surface area contributed by atoms with Gasteiger partial charge in [-0.05, 0) is 31.0 Å². The summed E-state index contributed by atoms with van der Waals surface area (Å²) >= 11 is 0. The average Bonchev–Trinajstić information content (AvgIpc) is 3.32. The number of piperidine rings is 1. The van der Waals surface area contributed by atoms with E-state index >= 15 is 0 Å². The number of nitrogens with one attached hydrogen (secondary N) is 1. The minimum Gasteiger partial charge on any atom is -0.315 e. The zero-order valence-corrected chi connectivity index (χ0v) is 16.9. The Kier molecular flexibility index (Phi) is 3.58. The summed E-state index contributed by atoms with van der Waals surface area (Å²) in [6.45, 7) is 0.817. The largest absolute Gasteiger partial charge is 0.315 e. The van der Waals surface area contributed by atoms with Crippen molar-refractivity contribution in [3.63, 3.8) is 0 Å². The maximum atomic E-state index is 13.9. The molecule has 1 N–H and O–H groups in total. The highest BCUT2D eigenvalue weighted by Gasteiger charge is 2.78. The van der Waals surface area contributed by atoms with Crippen molar-refractivity contribution in [1.82, 2.24) is 0 Å². The van der Waals surface area contributed by atoms with Crippen LogP contribution in [0.2, 0.25) is 0 Å². The lowest BCUT2D eigenvalue weighted by Gasteiger charge is -2.39. The number of quaternary nitrogens is 1. The SMILES string of the molecule is CN1C(=O)[C@@]2(c3ccccc31)[C@@H]1C(=O)N(c3ccccc3)C(=O)[C@@H]1[C@H]1CCCC[NH+]12. The van der Waals surface area contributed by atoms with E-state index in [-0.39, 0.29) is 23.8 Å². The van der Waals surface area contributed by atoms with Crippen molar-refractivity contribution < 1.29 is 19.3 Å². The molecule has 30 heavy (non-hydrogen) atoms. The highest BCUT2D eigenvalue weighted by atomic mass is 16.2. The molecule has 6 heteroatoms. The Hall–Kier alpha value is -2.99. The Bertz CT molecular complexity index is 1080. The predicted octanol–water partition coefficient (Wildman–Crippen LogP) is 1.12. The highest BCUT2D eigenvalue weighted by molar-refractivity contribution is 6.25. The second-order valence-corrected chi connectivity index (χ2v) is 8.92. The van der Waals surface area contributed by atoms with Gasteiger partial charge in [-0.15, -0.1) is 0 Å². The molecule has 2 aromatic rings. The summed E-state index contributed by atoms with van der Waals surface area (Å²) in [5.41, 5.74) is 1.36. The molecular weight excluding hydrogens is 378 g/mol. The van der Waals surface area contributed by atoms with Gasteiger partial charge in [0, 0.05) is 19.0 Å². The van der Waals surface area contributed by atoms with Crippen LogP contribution >= 0.6 is 0 Å². The lowest BCUT2D eigenvalue weighted by molar-refractivity contribution is -0.965. The fourth-order valence-corrected chi connectivity index (χ4v) is 6.71. The molecule has 4 aliphatic rings. The number of likely N-dealkylation sites (N-methyl/N-ethyl adjacent to an activating group) is 1. The van der Waals surface area contributed by atoms with E-state index in [1.165, 1.54) is 4.90 Å². The topological polar surface area (TPSA) is 62.1 Å². The van der Waals surface area contributed by atoms with Crippen LogP contribution in [0.1, 0.15) is 24.8 Å². The van der Waals surface area contributed by atoms with Crippen LogP contribution in [0, 0.1) is 11.8 Å². The molecule has 3 saturated heterocycles. The number of carbonyl (C=O) groups is 3. The quantitative estimate of drug-likeness (QED) is 0.727. The van der Waals surface area contributed by atoms with Crippen molar-refractivity contribution in [2.45, 2.75) is 30.8 Å². The molecule has 152 valence electrons. The van der Waals surface area contributed by atoms with Crippen LogP contribution in [0.5, 0.6) is 0 Å². The minimum atomic E-state index is -1.00. The van der Waals surface area contributed by atoms with Crippen LogP contribution < -0.4 is 14.7 Å². The van der Waals surface area contributed by atoms with Gasteiger partial charge in [-0.2, -0.15) is 0 Å². The molecule has 1 unspecified atom stereocenters. The van der Waals surface area contributed by atoms with Crippen molar-refractivity contribution >= 4 is 29.1 Å². The molecule has 4 heterocycles. The second-order valence-electron chi connectivity index (χ2n) is 8.92. The molecule has 3 fully saturated rings. The smallest absolute Gasteiger partial charge is 0.294 e. The Morgan fingerprint density at radius 1 is 0.933 bits per heavy atom. The first-order valence-corrected chi connectivity index (χ1v) is 10.7. The van der Waals surface area contributed by atoms with Gasteiger partial charge in [-0.1, -0.05) is 36.4 Å². The number of anilines is 2. The maximum absolute atomic E-state index is 13.9. The van der Waals surface area contributed by atoms with Crippen LogP contribution in [-0.2, 0) is 19.9 Å². The summed E-state index contributed by atoms with van der Waals surface area (Å²) in [6.07, 6.45) is 2.92. The van der Waals surface area contributed by atoms with E-state index in [0.29, 0.717) is 5.69 Å². The Balaban J connectivity index is 1.59. The van der Waals surface area contributed by atoms with Gasteiger partial charge in [0.1, 0.15) is 17.9 Å². The summed E-state index contributed by atoms with van der Waals surface area (Å²) in [7, 11) is 1.79. The van der Waals surface area contributed by atoms with Gasteiger partial charge in [0.15, 0.2) is 0 Å². The molecule has 0 bridgehead atoms. The summed E-state index contributed by atoms with van der Waals surface area (Å²) in [6, 6.07) is 16.9. The zero-order valence-electron chi connectivity index (χ0n) is 16.9. The molecule has 0 saturated carbocycles. The number of benzene rings is 2. The molecule has 3 amide bonds. The Labute approximate surface area is 175 Å². The van der Waals surface area contributed by atoms with Crippen molar-refractivity contribution in [1.29, 1.82) is 0 Å². The van der Waals surface area contributed by atoms with Crippen LogP contribution in [0.4, 0.5) is 11.4 Å². The van der Waals surface area contributed by atoms with E-state index in [0.717, 1.165) is 42.0 Å². The minimum absolute atomic E-state index is 0.00239. The van der Waals surface area contributed by atoms with Crippen molar-refractivity contribution in [2.24, 2.45) is 11.8 Å². The molecular formula is C24H24N3O3+. The van der Waals surface area contributed by atoms with Gasteiger partial charge in [-0.3, -0.25) is 14.4 Å². The molecule has 0 aromatic heterocycles. The van der Waals surface area contributed by atoms with Crippen LogP contribution in [0.3, 0.4) is 0 Å². The monoisotopic (exact) mass is 402 g/mol. The Morgan fingerprint density at radius 3 is 2.47 bits per heavy atom. The number of nitrogens with zero attached hydrogens (tertiary/aromatic N) is 2. The normalized spacial score (nSPS) is 34.5. The number of imide groups is 1. The second kappa shape index (κ2) is 6.01. The van der Waals surface area contributed by atoms with Gasteiger partial charge in [0.05, 0.1) is 17.9 Å². The summed E-state index contributed by atoms with van der Waals surface area (Å²) < 4.78 is 0. The number of amides is 3. The molecule has 6 rings (SSSR count). The summed E-state index contributed by atoms with van der Waals surface area (Å²) in [5, 5.41) is 0. The van der Waals surface area contributed by atoms with E-state index < -0.39 is 17.4 Å². The molecule has 2 aromatic carbocycles. The number of hydrogen-bond acceptors (Lipinski definition) is 3. The third-order valence-electron chi connectivity index (χ3n) is 7.76. The van der Waals surface area contributed by atoms with E-state index in [1.54, 1.807) is 24.1 Å². The van der Waals surface area contributed by atoms with Gasteiger partial charge in [0.25, 0.3) is 5.91 Å².